The molecule has 0 bridgehead atoms. The topological polar surface area (TPSA) is 26.0 Å². The molecule has 0 radical (unpaired) electrons. The van der Waals surface area contributed by atoms with Crippen molar-refractivity contribution in [1.82, 2.24) is 0 Å². The van der Waals surface area contributed by atoms with Gasteiger partial charge in [-0.1, -0.05) is 32.9 Å². The Balaban J connectivity index is 0.00000196. The van der Waals surface area contributed by atoms with E-state index in [1.807, 2.05) is 26.8 Å². The van der Waals surface area contributed by atoms with E-state index in [4.69, 9.17) is 5.73 Å². The molecular formula is C11H16BrClFN. The fraction of sp³-hybridized carbons (Fsp3) is 0.455. The van der Waals surface area contributed by atoms with Crippen LogP contribution in [0, 0.1) is 11.2 Å². The van der Waals surface area contributed by atoms with E-state index >= 15 is 0 Å². The van der Waals surface area contributed by atoms with Crippen LogP contribution in [0.15, 0.2) is 22.7 Å². The van der Waals surface area contributed by atoms with Crippen molar-refractivity contribution in [3.63, 3.8) is 0 Å². The van der Waals surface area contributed by atoms with Gasteiger partial charge in [0.1, 0.15) is 5.82 Å². The van der Waals surface area contributed by atoms with Crippen molar-refractivity contribution < 1.29 is 4.39 Å². The molecule has 1 aromatic rings. The Bertz CT molecular complexity index is 336. The van der Waals surface area contributed by atoms with Crippen LogP contribution in [0.1, 0.15) is 32.4 Å². The van der Waals surface area contributed by atoms with E-state index in [-0.39, 0.29) is 29.7 Å². The number of hydrogen-bond acceptors (Lipinski definition) is 1. The Morgan fingerprint density at radius 1 is 1.33 bits per heavy atom. The van der Waals surface area contributed by atoms with Gasteiger partial charge in [0.25, 0.3) is 0 Å². The van der Waals surface area contributed by atoms with Crippen LogP contribution in [0.25, 0.3) is 0 Å². The molecule has 0 spiro atoms. The molecule has 1 nitrogen and oxygen atoms in total. The van der Waals surface area contributed by atoms with Gasteiger partial charge in [-0.15, -0.1) is 12.4 Å². The van der Waals surface area contributed by atoms with E-state index in [9.17, 15) is 4.39 Å². The summed E-state index contributed by atoms with van der Waals surface area (Å²) in [6.45, 7) is 6.11. The van der Waals surface area contributed by atoms with Gasteiger partial charge in [-0.3, -0.25) is 0 Å². The average molecular weight is 297 g/mol. The summed E-state index contributed by atoms with van der Waals surface area (Å²) in [6.07, 6.45) is 0. The summed E-state index contributed by atoms with van der Waals surface area (Å²) in [5.41, 5.74) is 6.79. The van der Waals surface area contributed by atoms with E-state index in [0.29, 0.717) is 4.47 Å². The second-order valence-electron chi connectivity index (χ2n) is 4.49. The fourth-order valence-electron chi connectivity index (χ4n) is 1.23. The summed E-state index contributed by atoms with van der Waals surface area (Å²) < 4.78 is 13.7. The van der Waals surface area contributed by atoms with Crippen molar-refractivity contribution in [2.75, 3.05) is 0 Å². The van der Waals surface area contributed by atoms with Crippen molar-refractivity contribution in [2.45, 2.75) is 26.8 Å². The van der Waals surface area contributed by atoms with Gasteiger partial charge in [0.15, 0.2) is 0 Å². The van der Waals surface area contributed by atoms with Gasteiger partial charge in [-0.25, -0.2) is 4.39 Å². The van der Waals surface area contributed by atoms with E-state index in [0.717, 1.165) is 5.56 Å². The zero-order valence-corrected chi connectivity index (χ0v) is 11.5. The molecule has 0 saturated heterocycles. The monoisotopic (exact) mass is 295 g/mol. The smallest absolute Gasteiger partial charge is 0.137 e. The SMILES string of the molecule is CC(C)(C)[C@@H](N)c1cccc(F)c1Br.Cl. The van der Waals surface area contributed by atoms with Crippen molar-refractivity contribution >= 4 is 28.3 Å². The normalized spacial score (nSPS) is 13.2. The van der Waals surface area contributed by atoms with Gasteiger partial charge in [-0.2, -0.15) is 0 Å². The summed E-state index contributed by atoms with van der Waals surface area (Å²) in [7, 11) is 0. The molecule has 0 saturated carbocycles. The molecule has 0 aromatic heterocycles. The first-order chi connectivity index (χ1) is 6.34. The van der Waals surface area contributed by atoms with Gasteiger partial charge < -0.3 is 5.73 Å². The summed E-state index contributed by atoms with van der Waals surface area (Å²) in [5, 5.41) is 0. The van der Waals surface area contributed by atoms with Crippen LogP contribution < -0.4 is 5.73 Å². The lowest BCUT2D eigenvalue weighted by Crippen LogP contribution is -2.26. The lowest BCUT2D eigenvalue weighted by Gasteiger charge is -2.28. The predicted molar refractivity (Wildman–Crippen MR) is 67.7 cm³/mol. The average Bonchev–Trinajstić information content (AvgIpc) is 2.07. The summed E-state index contributed by atoms with van der Waals surface area (Å²) in [6, 6.07) is 4.78. The largest absolute Gasteiger partial charge is 0.323 e. The third-order valence-electron chi connectivity index (χ3n) is 2.25. The number of halogens is 3. The van der Waals surface area contributed by atoms with Gasteiger partial charge in [0, 0.05) is 6.04 Å². The summed E-state index contributed by atoms with van der Waals surface area (Å²) >= 11 is 3.22. The molecule has 86 valence electrons. The second-order valence-corrected chi connectivity index (χ2v) is 5.28. The Labute approximate surface area is 105 Å². The van der Waals surface area contributed by atoms with Crippen LogP contribution in [0.3, 0.4) is 0 Å². The first-order valence-corrected chi connectivity index (χ1v) is 5.33. The highest BCUT2D eigenvalue weighted by Gasteiger charge is 2.24. The molecule has 0 aliphatic rings. The molecule has 0 aliphatic heterocycles. The summed E-state index contributed by atoms with van der Waals surface area (Å²) in [5.74, 6) is -0.262. The predicted octanol–water partition coefficient (Wildman–Crippen LogP) is 4.06. The molecule has 0 heterocycles. The minimum Gasteiger partial charge on any atom is -0.323 e. The zero-order valence-electron chi connectivity index (χ0n) is 9.05. The minimum atomic E-state index is -0.262. The van der Waals surface area contributed by atoms with Gasteiger partial charge in [-0.05, 0) is 33.0 Å². The number of rotatable bonds is 1. The highest BCUT2D eigenvalue weighted by atomic mass is 79.9. The van der Waals surface area contributed by atoms with Crippen LogP contribution >= 0.6 is 28.3 Å². The van der Waals surface area contributed by atoms with Crippen molar-refractivity contribution in [2.24, 2.45) is 11.1 Å². The molecule has 2 N–H and O–H groups in total. The highest BCUT2D eigenvalue weighted by molar-refractivity contribution is 9.10. The van der Waals surface area contributed by atoms with Gasteiger partial charge >= 0.3 is 0 Å². The van der Waals surface area contributed by atoms with E-state index in [1.165, 1.54) is 6.07 Å². The lowest BCUT2D eigenvalue weighted by molar-refractivity contribution is 0.325. The maximum atomic E-state index is 13.2. The molecule has 0 aliphatic carbocycles. The standard InChI is InChI=1S/C11H15BrFN.ClH/c1-11(2,3)10(14)7-5-4-6-8(13)9(7)12;/h4-6,10H,14H2,1-3H3;1H/t10-;/m0./s1. The van der Waals surface area contributed by atoms with Crippen LogP contribution in [0.5, 0.6) is 0 Å². The van der Waals surface area contributed by atoms with E-state index < -0.39 is 0 Å². The van der Waals surface area contributed by atoms with E-state index in [1.54, 1.807) is 6.07 Å². The first kappa shape index (κ1) is 14.9. The van der Waals surface area contributed by atoms with Crippen molar-refractivity contribution in [3.8, 4) is 0 Å². The van der Waals surface area contributed by atoms with Gasteiger partial charge in [0.2, 0.25) is 0 Å². The van der Waals surface area contributed by atoms with Crippen LogP contribution in [-0.2, 0) is 0 Å². The Morgan fingerprint density at radius 2 is 1.87 bits per heavy atom. The van der Waals surface area contributed by atoms with E-state index in [2.05, 4.69) is 15.9 Å². The Kier molecular flexibility index (Phi) is 5.24. The summed E-state index contributed by atoms with van der Waals surface area (Å²) in [4.78, 5) is 0. The molecule has 0 unspecified atom stereocenters. The zero-order chi connectivity index (χ0) is 10.9. The minimum absolute atomic E-state index is 0. The van der Waals surface area contributed by atoms with Crippen molar-refractivity contribution in [1.29, 1.82) is 0 Å². The van der Waals surface area contributed by atoms with Crippen LogP contribution in [-0.4, -0.2) is 0 Å². The van der Waals surface area contributed by atoms with Crippen LogP contribution in [0.4, 0.5) is 4.39 Å². The molecule has 0 fully saturated rings. The number of nitrogens with two attached hydrogens (primary N) is 1. The lowest BCUT2D eigenvalue weighted by atomic mass is 9.83. The molecule has 1 atom stereocenters. The van der Waals surface area contributed by atoms with Gasteiger partial charge in [0.05, 0.1) is 4.47 Å². The molecule has 1 rings (SSSR count). The number of hydrogen-bond donors (Lipinski definition) is 1. The quantitative estimate of drug-likeness (QED) is 0.831. The molecule has 1 aromatic carbocycles. The maximum absolute atomic E-state index is 13.2. The third kappa shape index (κ3) is 3.44. The van der Waals surface area contributed by atoms with Crippen LogP contribution in [0.2, 0.25) is 0 Å². The molecular weight excluding hydrogens is 280 g/mol. The Hall–Kier alpha value is -0.120. The third-order valence-corrected chi connectivity index (χ3v) is 3.09. The van der Waals surface area contributed by atoms with Crippen molar-refractivity contribution in [3.05, 3.63) is 34.1 Å². The molecule has 15 heavy (non-hydrogen) atoms. The molecule has 0 amide bonds. The first-order valence-electron chi connectivity index (χ1n) is 4.53. The highest BCUT2D eigenvalue weighted by Crippen LogP contribution is 2.35. The fourth-order valence-corrected chi connectivity index (χ4v) is 1.74. The Morgan fingerprint density at radius 3 is 2.33 bits per heavy atom. The number of benzene rings is 1. The molecule has 4 heteroatoms. The second kappa shape index (κ2) is 5.28. The maximum Gasteiger partial charge on any atom is 0.137 e.